The highest BCUT2D eigenvalue weighted by Gasteiger charge is 2.23. The first-order valence-electron chi connectivity index (χ1n) is 11.7. The number of allylic oxidation sites excluding steroid dienone is 1. The van der Waals surface area contributed by atoms with Gasteiger partial charge in [0, 0.05) is 17.8 Å². The summed E-state index contributed by atoms with van der Waals surface area (Å²) in [5.74, 6) is -0.264. The number of carbonyl (C=O) groups is 3. The summed E-state index contributed by atoms with van der Waals surface area (Å²) in [5, 5.41) is 24.2. The molecule has 38 heavy (non-hydrogen) atoms. The summed E-state index contributed by atoms with van der Waals surface area (Å²) in [6.45, 7) is 5.60. The minimum Gasteiger partial charge on any atom is -0.497 e. The monoisotopic (exact) mass is 539 g/mol. The summed E-state index contributed by atoms with van der Waals surface area (Å²) < 4.78 is 11.8. The minimum absolute atomic E-state index is 0.000902. The number of aromatic nitrogens is 3. The predicted molar refractivity (Wildman–Crippen MR) is 142 cm³/mol. The van der Waals surface area contributed by atoms with E-state index >= 15 is 0 Å². The van der Waals surface area contributed by atoms with Crippen LogP contribution in [0.4, 0.5) is 5.69 Å². The zero-order valence-corrected chi connectivity index (χ0v) is 21.9. The molecule has 2 amide bonds. The smallest absolute Gasteiger partial charge is 0.338 e. The molecule has 0 radical (unpaired) electrons. The Kier molecular flexibility index (Phi) is 10.4. The fourth-order valence-corrected chi connectivity index (χ4v) is 4.16. The van der Waals surface area contributed by atoms with E-state index in [1.807, 2.05) is 0 Å². The van der Waals surface area contributed by atoms with E-state index in [-0.39, 0.29) is 18.3 Å². The van der Waals surface area contributed by atoms with Gasteiger partial charge in [-0.3, -0.25) is 9.59 Å². The van der Waals surface area contributed by atoms with Crippen molar-refractivity contribution in [2.45, 2.75) is 24.7 Å². The number of carbonyl (C=O) groups excluding carboxylic acids is 3. The van der Waals surface area contributed by atoms with Crippen LogP contribution >= 0.6 is 11.8 Å². The van der Waals surface area contributed by atoms with E-state index < -0.39 is 24.5 Å². The van der Waals surface area contributed by atoms with Crippen LogP contribution in [0.15, 0.2) is 66.3 Å². The molecule has 0 fully saturated rings. The van der Waals surface area contributed by atoms with Crippen LogP contribution in [0.2, 0.25) is 0 Å². The highest BCUT2D eigenvalue weighted by molar-refractivity contribution is 7.99. The number of aliphatic hydroxyl groups is 1. The number of anilines is 1. The highest BCUT2D eigenvalue weighted by Crippen LogP contribution is 2.22. The number of esters is 1. The van der Waals surface area contributed by atoms with Crippen LogP contribution in [0.25, 0.3) is 0 Å². The van der Waals surface area contributed by atoms with Crippen LogP contribution in [-0.2, 0) is 16.1 Å². The molecular weight excluding hydrogens is 510 g/mol. The van der Waals surface area contributed by atoms with Crippen molar-refractivity contribution >= 4 is 35.2 Å². The van der Waals surface area contributed by atoms with Crippen molar-refractivity contribution in [3.05, 3.63) is 78.1 Å². The van der Waals surface area contributed by atoms with E-state index in [0.29, 0.717) is 40.1 Å². The number of ether oxygens (including phenoxy) is 2. The third-order valence-corrected chi connectivity index (χ3v) is 6.17. The zero-order chi connectivity index (χ0) is 27.5. The van der Waals surface area contributed by atoms with E-state index in [2.05, 4.69) is 27.4 Å². The average molecular weight is 540 g/mol. The van der Waals surface area contributed by atoms with Gasteiger partial charge in [-0.15, -0.1) is 16.8 Å². The summed E-state index contributed by atoms with van der Waals surface area (Å²) in [5.41, 5.74) is 1.17. The molecule has 0 saturated heterocycles. The van der Waals surface area contributed by atoms with Crippen molar-refractivity contribution in [1.82, 2.24) is 20.1 Å². The molecule has 0 saturated carbocycles. The number of methoxy groups -OCH3 is 1. The van der Waals surface area contributed by atoms with Gasteiger partial charge in [0.15, 0.2) is 11.0 Å². The molecule has 200 valence electrons. The zero-order valence-electron chi connectivity index (χ0n) is 21.0. The molecule has 0 bridgehead atoms. The van der Waals surface area contributed by atoms with Gasteiger partial charge in [-0.2, -0.15) is 0 Å². The molecule has 3 N–H and O–H groups in total. The van der Waals surface area contributed by atoms with Gasteiger partial charge in [-0.05, 0) is 49.4 Å². The molecule has 0 aliphatic carbocycles. The Balaban J connectivity index is 1.67. The number of amides is 2. The van der Waals surface area contributed by atoms with Gasteiger partial charge in [-0.25, -0.2) is 4.79 Å². The van der Waals surface area contributed by atoms with Crippen molar-refractivity contribution in [1.29, 1.82) is 0 Å². The molecule has 2 aromatic carbocycles. The van der Waals surface area contributed by atoms with E-state index in [1.165, 1.54) is 13.2 Å². The van der Waals surface area contributed by atoms with Crippen molar-refractivity contribution in [2.75, 3.05) is 31.4 Å². The van der Waals surface area contributed by atoms with Gasteiger partial charge in [0.2, 0.25) is 5.91 Å². The summed E-state index contributed by atoms with van der Waals surface area (Å²) in [6, 6.07) is 12.2. The maximum Gasteiger partial charge on any atom is 0.338 e. The van der Waals surface area contributed by atoms with Crippen LogP contribution in [-0.4, -0.2) is 63.7 Å². The summed E-state index contributed by atoms with van der Waals surface area (Å²) in [6.07, 6.45) is 1.62. The number of hydrogen-bond donors (Lipinski definition) is 3. The number of hydrogen-bond acceptors (Lipinski definition) is 9. The maximum atomic E-state index is 12.7. The molecule has 0 spiro atoms. The van der Waals surface area contributed by atoms with E-state index in [4.69, 9.17) is 9.47 Å². The molecule has 11 nitrogen and oxygen atoms in total. The molecule has 0 unspecified atom stereocenters. The largest absolute Gasteiger partial charge is 0.497 e. The first-order valence-corrected chi connectivity index (χ1v) is 12.7. The van der Waals surface area contributed by atoms with E-state index in [0.717, 1.165) is 11.8 Å². The van der Waals surface area contributed by atoms with Crippen molar-refractivity contribution in [3.63, 3.8) is 0 Å². The summed E-state index contributed by atoms with van der Waals surface area (Å²) >= 11 is 1.13. The van der Waals surface area contributed by atoms with Crippen LogP contribution < -0.4 is 15.4 Å². The van der Waals surface area contributed by atoms with Gasteiger partial charge in [0.25, 0.3) is 5.91 Å². The fourth-order valence-electron chi connectivity index (χ4n) is 3.41. The normalized spacial score (nSPS) is 11.3. The van der Waals surface area contributed by atoms with Gasteiger partial charge >= 0.3 is 5.97 Å². The maximum absolute atomic E-state index is 12.7. The highest BCUT2D eigenvalue weighted by atomic mass is 32.2. The van der Waals surface area contributed by atoms with Crippen LogP contribution in [0, 0.1) is 0 Å². The Morgan fingerprint density at radius 1 is 1.16 bits per heavy atom. The van der Waals surface area contributed by atoms with Gasteiger partial charge in [-0.1, -0.05) is 23.9 Å². The lowest BCUT2D eigenvalue weighted by Crippen LogP contribution is -2.33. The molecule has 0 aliphatic rings. The second-order valence-corrected chi connectivity index (χ2v) is 8.76. The molecule has 1 aromatic heterocycles. The van der Waals surface area contributed by atoms with Crippen LogP contribution in [0.5, 0.6) is 5.75 Å². The second-order valence-electron chi connectivity index (χ2n) is 7.82. The van der Waals surface area contributed by atoms with E-state index in [9.17, 15) is 19.5 Å². The van der Waals surface area contributed by atoms with Gasteiger partial charge in [0.1, 0.15) is 11.8 Å². The molecule has 3 aromatic rings. The van der Waals surface area contributed by atoms with E-state index in [1.54, 1.807) is 60.0 Å². The SMILES string of the molecule is C=CCn1c(SCC(=O)Nc2cccc(C(=O)OCC)c2)nnc1[C@@H](CO)NC(=O)c1ccc(OC)cc1. The van der Waals surface area contributed by atoms with Crippen LogP contribution in [0.1, 0.15) is 39.5 Å². The molecule has 0 aliphatic heterocycles. The molecule has 12 heteroatoms. The molecular formula is C26H29N5O6S. The molecule has 1 heterocycles. The Labute approximate surface area is 224 Å². The second kappa shape index (κ2) is 14.0. The third kappa shape index (κ3) is 7.43. The number of thioether (sulfide) groups is 1. The van der Waals surface area contributed by atoms with Crippen LogP contribution in [0.3, 0.4) is 0 Å². The molecule has 3 rings (SSSR count). The number of aliphatic hydroxyl groups excluding tert-OH is 1. The Hall–Kier alpha value is -4.16. The first kappa shape index (κ1) is 28.4. The van der Waals surface area contributed by atoms with Gasteiger partial charge in [0.05, 0.1) is 31.6 Å². The Morgan fingerprint density at radius 3 is 2.58 bits per heavy atom. The minimum atomic E-state index is -0.842. The van der Waals surface area contributed by atoms with Crippen molar-refractivity contribution < 1.29 is 29.0 Å². The topological polar surface area (TPSA) is 145 Å². The summed E-state index contributed by atoms with van der Waals surface area (Å²) in [7, 11) is 1.53. The third-order valence-electron chi connectivity index (χ3n) is 5.20. The van der Waals surface area contributed by atoms with Crippen molar-refractivity contribution in [2.24, 2.45) is 0 Å². The average Bonchev–Trinajstić information content (AvgIpc) is 3.33. The van der Waals surface area contributed by atoms with Crippen molar-refractivity contribution in [3.8, 4) is 5.75 Å². The number of nitrogens with zero attached hydrogens (tertiary/aromatic N) is 3. The number of nitrogens with one attached hydrogen (secondary N) is 2. The predicted octanol–water partition coefficient (Wildman–Crippen LogP) is 2.84. The molecule has 1 atom stereocenters. The standard InChI is InChI=1S/C26H29N5O6S/c1-4-13-31-23(21(15-32)28-24(34)17-9-11-20(36-3)12-10-17)29-30-26(31)38-16-22(33)27-19-8-6-7-18(14-19)25(35)37-5-2/h4,6-12,14,21,32H,1,5,13,15-16H2,2-3H3,(H,27,33)(H,28,34)/t21-/m1/s1. The lowest BCUT2D eigenvalue weighted by atomic mass is 10.2. The number of benzene rings is 2. The first-order chi connectivity index (χ1) is 18.4. The lowest BCUT2D eigenvalue weighted by molar-refractivity contribution is -0.113. The fraction of sp³-hybridized carbons (Fsp3) is 0.269. The summed E-state index contributed by atoms with van der Waals surface area (Å²) in [4.78, 5) is 37.2. The van der Waals surface area contributed by atoms with Gasteiger partial charge < -0.3 is 29.8 Å². The number of rotatable bonds is 13. The Bertz CT molecular complexity index is 1280. The quantitative estimate of drug-likeness (QED) is 0.170. The Morgan fingerprint density at radius 2 is 1.92 bits per heavy atom. The lowest BCUT2D eigenvalue weighted by Gasteiger charge is -2.17.